The van der Waals surface area contributed by atoms with Crippen LogP contribution < -0.4 is 0 Å². The van der Waals surface area contributed by atoms with Gasteiger partial charge in [0.25, 0.3) is 0 Å². The Morgan fingerprint density at radius 2 is 1.18 bits per heavy atom. The SMILES string of the molecule is CC.CC(C)(C)O.CCCC(=O)OC(C)(C)C(C)(C)S(=O)(=O)[O-].c1ccc2ccccc2c1. The Labute approximate surface area is 201 Å². The molecule has 0 saturated heterocycles. The number of rotatable bonds is 5. The quantitative estimate of drug-likeness (QED) is 0.408. The largest absolute Gasteiger partial charge is 0.747 e. The van der Waals surface area contributed by atoms with E-state index >= 15 is 0 Å². The Hall–Kier alpha value is -1.96. The second kappa shape index (κ2) is 14.3. The lowest BCUT2D eigenvalue weighted by Crippen LogP contribution is -2.53. The molecule has 190 valence electrons. The molecule has 0 spiro atoms. The molecule has 0 aliphatic rings. The lowest BCUT2D eigenvalue weighted by Gasteiger charge is -2.41. The molecule has 0 unspecified atom stereocenters. The third-order valence-electron chi connectivity index (χ3n) is 4.56. The van der Waals surface area contributed by atoms with Gasteiger partial charge in [-0.25, -0.2) is 8.42 Å². The summed E-state index contributed by atoms with van der Waals surface area (Å²) in [6.07, 6.45) is 0.817. The van der Waals surface area contributed by atoms with E-state index in [-0.39, 0.29) is 6.42 Å². The minimum absolute atomic E-state index is 0.207. The van der Waals surface area contributed by atoms with Crippen LogP contribution in [0.15, 0.2) is 48.5 Å². The van der Waals surface area contributed by atoms with Crippen molar-refractivity contribution in [2.45, 2.75) is 98.0 Å². The highest BCUT2D eigenvalue weighted by atomic mass is 32.2. The van der Waals surface area contributed by atoms with Gasteiger partial charge >= 0.3 is 5.97 Å². The summed E-state index contributed by atoms with van der Waals surface area (Å²) in [7, 11) is -4.55. The van der Waals surface area contributed by atoms with Gasteiger partial charge < -0.3 is 14.4 Å². The summed E-state index contributed by atoms with van der Waals surface area (Å²) in [5, 5.41) is 11.1. The lowest BCUT2D eigenvalue weighted by molar-refractivity contribution is -0.159. The summed E-state index contributed by atoms with van der Waals surface area (Å²) in [6.45, 7) is 16.4. The molecule has 0 fully saturated rings. The van der Waals surface area contributed by atoms with Crippen molar-refractivity contribution in [1.82, 2.24) is 0 Å². The lowest BCUT2D eigenvalue weighted by atomic mass is 9.93. The van der Waals surface area contributed by atoms with Gasteiger partial charge in [-0.2, -0.15) is 0 Å². The van der Waals surface area contributed by atoms with Gasteiger partial charge in [0.15, 0.2) is 0 Å². The van der Waals surface area contributed by atoms with E-state index in [0.29, 0.717) is 6.42 Å². The zero-order valence-corrected chi connectivity index (χ0v) is 22.7. The molecule has 0 radical (unpaired) electrons. The number of fused-ring (bicyclic) bond motifs is 1. The number of carbonyl (C=O) groups excluding carboxylic acids is 1. The van der Waals surface area contributed by atoms with Crippen molar-refractivity contribution in [2.24, 2.45) is 0 Å². The van der Waals surface area contributed by atoms with E-state index in [2.05, 4.69) is 48.5 Å². The van der Waals surface area contributed by atoms with Crippen LogP contribution in [0.4, 0.5) is 0 Å². The average Bonchev–Trinajstić information content (AvgIpc) is 2.67. The van der Waals surface area contributed by atoms with Crippen LogP contribution in [0, 0.1) is 0 Å². The molecule has 0 saturated carbocycles. The highest BCUT2D eigenvalue weighted by Gasteiger charge is 2.45. The molecule has 2 aromatic rings. The van der Waals surface area contributed by atoms with Crippen LogP contribution in [0.25, 0.3) is 10.8 Å². The summed E-state index contributed by atoms with van der Waals surface area (Å²) in [5.74, 6) is -0.496. The number of ether oxygens (including phenoxy) is 1. The van der Waals surface area contributed by atoms with E-state index < -0.39 is 32.0 Å². The number of aliphatic hydroxyl groups is 1. The summed E-state index contributed by atoms with van der Waals surface area (Å²) < 4.78 is 36.7. The molecule has 33 heavy (non-hydrogen) atoms. The van der Waals surface area contributed by atoms with Crippen molar-refractivity contribution in [3.8, 4) is 0 Å². The van der Waals surface area contributed by atoms with Crippen molar-refractivity contribution in [1.29, 1.82) is 0 Å². The first-order chi connectivity index (χ1) is 14.9. The predicted molar refractivity (Wildman–Crippen MR) is 136 cm³/mol. The average molecular weight is 484 g/mol. The topological polar surface area (TPSA) is 104 Å². The second-order valence-corrected chi connectivity index (χ2v) is 11.1. The van der Waals surface area contributed by atoms with Crippen LogP contribution in [0.5, 0.6) is 0 Å². The summed E-state index contributed by atoms with van der Waals surface area (Å²) in [4.78, 5) is 11.3. The highest BCUT2D eigenvalue weighted by Crippen LogP contribution is 2.32. The number of esters is 1. The highest BCUT2D eigenvalue weighted by molar-refractivity contribution is 7.87. The van der Waals surface area contributed by atoms with Crippen LogP contribution in [0.1, 0.15) is 82.1 Å². The third kappa shape index (κ3) is 13.4. The Kier molecular flexibility index (Phi) is 14.4. The predicted octanol–water partition coefficient (Wildman–Crippen LogP) is 6.08. The maximum atomic E-state index is 11.3. The minimum Gasteiger partial charge on any atom is -0.747 e. The fraction of sp³-hybridized carbons (Fsp3) is 0.577. The van der Waals surface area contributed by atoms with E-state index in [1.807, 2.05) is 20.8 Å². The maximum absolute atomic E-state index is 11.3. The van der Waals surface area contributed by atoms with Crippen LogP contribution in [0.2, 0.25) is 0 Å². The van der Waals surface area contributed by atoms with Gasteiger partial charge in [0.05, 0.1) is 10.3 Å². The molecule has 0 heterocycles. The van der Waals surface area contributed by atoms with Gasteiger partial charge in [0, 0.05) is 6.42 Å². The number of hydrogen-bond donors (Lipinski definition) is 1. The number of carbonyl (C=O) groups is 1. The Balaban J connectivity index is 0. The molecule has 0 aliphatic carbocycles. The molecule has 2 aromatic carbocycles. The summed E-state index contributed by atoms with van der Waals surface area (Å²) in [6, 6.07) is 16.7. The first-order valence-electron chi connectivity index (χ1n) is 11.3. The zero-order valence-electron chi connectivity index (χ0n) is 21.9. The molecular formula is C26H43O6S-. The van der Waals surface area contributed by atoms with Crippen molar-refractivity contribution in [2.75, 3.05) is 0 Å². The normalized spacial score (nSPS) is 11.6. The van der Waals surface area contributed by atoms with Gasteiger partial charge in [0.1, 0.15) is 15.7 Å². The first kappa shape index (κ1) is 33.2. The van der Waals surface area contributed by atoms with Crippen molar-refractivity contribution in [3.63, 3.8) is 0 Å². The molecule has 7 heteroatoms. The van der Waals surface area contributed by atoms with Crippen LogP contribution >= 0.6 is 0 Å². The number of benzene rings is 2. The molecular weight excluding hydrogens is 440 g/mol. The standard InChI is InChI=1S/C10H20O5S.C10H8.C4H10O.C2H6/c1-6-7-8(11)15-9(2,3)10(4,5)16(12,13)14;1-2-6-10-8-4-3-7-9(10)5-1;1-4(2,3)5;1-2/h6-7H2,1-5H3,(H,12,13,14);1-8H;5H,1-3H3;1-2H3/p-1. The van der Waals surface area contributed by atoms with Crippen LogP contribution in [0.3, 0.4) is 0 Å². The van der Waals surface area contributed by atoms with Crippen molar-refractivity contribution >= 4 is 26.9 Å². The first-order valence-corrected chi connectivity index (χ1v) is 12.7. The molecule has 0 amide bonds. The van der Waals surface area contributed by atoms with E-state index in [1.165, 1.54) is 38.5 Å². The van der Waals surface area contributed by atoms with E-state index in [9.17, 15) is 17.8 Å². The van der Waals surface area contributed by atoms with Gasteiger partial charge in [-0.3, -0.25) is 4.79 Å². The van der Waals surface area contributed by atoms with Gasteiger partial charge in [-0.1, -0.05) is 69.3 Å². The van der Waals surface area contributed by atoms with Gasteiger partial charge in [-0.05, 0) is 65.7 Å². The fourth-order valence-electron chi connectivity index (χ4n) is 2.10. The van der Waals surface area contributed by atoms with Gasteiger partial charge in [0.2, 0.25) is 0 Å². The van der Waals surface area contributed by atoms with Crippen molar-refractivity contribution < 1.29 is 27.6 Å². The summed E-state index contributed by atoms with van der Waals surface area (Å²) >= 11 is 0. The maximum Gasteiger partial charge on any atom is 0.306 e. The Morgan fingerprint density at radius 1 is 0.879 bits per heavy atom. The molecule has 0 aromatic heterocycles. The zero-order chi connectivity index (χ0) is 26.5. The monoisotopic (exact) mass is 483 g/mol. The Bertz CT molecular complexity index is 854. The Morgan fingerprint density at radius 3 is 1.42 bits per heavy atom. The molecule has 2 rings (SSSR count). The van der Waals surface area contributed by atoms with E-state index in [1.54, 1.807) is 20.8 Å². The molecule has 1 N–H and O–H groups in total. The van der Waals surface area contributed by atoms with Crippen LogP contribution in [-0.2, 0) is 19.6 Å². The summed E-state index contributed by atoms with van der Waals surface area (Å²) in [5.41, 5.74) is -1.85. The minimum atomic E-state index is -4.55. The molecule has 0 atom stereocenters. The van der Waals surface area contributed by atoms with Crippen LogP contribution in [-0.4, -0.2) is 40.0 Å². The number of hydrogen-bond acceptors (Lipinski definition) is 6. The molecule has 0 bridgehead atoms. The van der Waals surface area contributed by atoms with Crippen molar-refractivity contribution in [3.05, 3.63) is 48.5 Å². The van der Waals surface area contributed by atoms with E-state index in [0.717, 1.165) is 0 Å². The molecule has 0 aliphatic heterocycles. The fourth-order valence-corrected chi connectivity index (χ4v) is 2.74. The third-order valence-corrected chi connectivity index (χ3v) is 6.30. The van der Waals surface area contributed by atoms with Gasteiger partial charge in [-0.15, -0.1) is 0 Å². The smallest absolute Gasteiger partial charge is 0.306 e. The molecule has 6 nitrogen and oxygen atoms in total. The second-order valence-electron chi connectivity index (χ2n) is 9.22. The van der Waals surface area contributed by atoms with E-state index in [4.69, 9.17) is 9.84 Å².